The number of halogens is 1. The second kappa shape index (κ2) is 6.31. The quantitative estimate of drug-likeness (QED) is 0.657. The molecule has 0 aliphatic heterocycles. The first-order valence-corrected chi connectivity index (χ1v) is 6.80. The summed E-state index contributed by atoms with van der Waals surface area (Å²) in [6.45, 7) is 9.12. The zero-order chi connectivity index (χ0) is 9.61. The fourth-order valence-electron chi connectivity index (χ4n) is 0.922. The molecule has 0 amide bonds. The molecule has 0 bridgehead atoms. The zero-order valence-electron chi connectivity index (χ0n) is 8.69. The predicted molar refractivity (Wildman–Crippen MR) is 64.4 cm³/mol. The van der Waals surface area contributed by atoms with Gasteiger partial charge in [-0.15, -0.1) is 0 Å². The van der Waals surface area contributed by atoms with E-state index < -0.39 is 0 Å². The molecule has 0 aliphatic rings. The molecule has 0 nitrogen and oxygen atoms in total. The Balaban J connectivity index is 3.41. The van der Waals surface area contributed by atoms with Crippen molar-refractivity contribution in [1.82, 2.24) is 0 Å². The Kier molecular flexibility index (Phi) is 6.75. The zero-order valence-corrected chi connectivity index (χ0v) is 11.1. The molecule has 0 fully saturated rings. The average molecular weight is 253 g/mol. The van der Waals surface area contributed by atoms with Crippen LogP contribution in [0.4, 0.5) is 0 Å². The number of hydrogen-bond donors (Lipinski definition) is 0. The Labute approximate surface area is 90.0 Å². The van der Waals surface area contributed by atoms with E-state index in [4.69, 9.17) is 0 Å². The number of rotatable bonds is 5. The summed E-state index contributed by atoms with van der Waals surface area (Å²) in [6.07, 6.45) is 2.65. The van der Waals surface area contributed by atoms with Crippen molar-refractivity contribution in [3.8, 4) is 0 Å². The van der Waals surface area contributed by atoms with Crippen LogP contribution in [0.15, 0.2) is 0 Å². The molecule has 0 aromatic carbocycles. The van der Waals surface area contributed by atoms with E-state index in [2.05, 4.69) is 55.4 Å². The molecule has 0 aromatic rings. The number of thioether (sulfide) groups is 1. The van der Waals surface area contributed by atoms with Gasteiger partial charge in [0.1, 0.15) is 0 Å². The molecule has 1 atom stereocenters. The summed E-state index contributed by atoms with van der Waals surface area (Å²) in [5, 5.41) is 1.16. The van der Waals surface area contributed by atoms with Crippen LogP contribution >= 0.6 is 27.7 Å². The third-order valence-corrected chi connectivity index (χ3v) is 4.08. The molecular formula is C10H21BrS. The van der Waals surface area contributed by atoms with Crippen LogP contribution in [0.5, 0.6) is 0 Å². The van der Waals surface area contributed by atoms with Crippen LogP contribution in [-0.2, 0) is 0 Å². The first kappa shape index (κ1) is 12.8. The minimum atomic E-state index is 0.435. The number of hydrogen-bond acceptors (Lipinski definition) is 1. The summed E-state index contributed by atoms with van der Waals surface area (Å²) in [6, 6.07) is 0. The van der Waals surface area contributed by atoms with Crippen LogP contribution in [0.2, 0.25) is 0 Å². The van der Waals surface area contributed by atoms with Crippen molar-refractivity contribution in [2.75, 3.05) is 11.1 Å². The van der Waals surface area contributed by atoms with E-state index in [-0.39, 0.29) is 0 Å². The van der Waals surface area contributed by atoms with E-state index in [0.29, 0.717) is 4.75 Å². The molecule has 0 spiro atoms. The molecular weight excluding hydrogens is 232 g/mol. The van der Waals surface area contributed by atoms with Crippen molar-refractivity contribution >= 4 is 27.7 Å². The van der Waals surface area contributed by atoms with Gasteiger partial charge in [0, 0.05) is 10.1 Å². The van der Waals surface area contributed by atoms with Crippen LogP contribution in [0, 0.1) is 5.92 Å². The molecule has 2 heteroatoms. The van der Waals surface area contributed by atoms with Gasteiger partial charge in [-0.1, -0.05) is 50.0 Å². The van der Waals surface area contributed by atoms with E-state index in [1.807, 2.05) is 0 Å². The van der Waals surface area contributed by atoms with Gasteiger partial charge in [-0.25, -0.2) is 0 Å². The Bertz CT molecular complexity index is 103. The molecule has 0 aromatic heterocycles. The largest absolute Gasteiger partial charge is 0.156 e. The minimum absolute atomic E-state index is 0.435. The van der Waals surface area contributed by atoms with E-state index in [0.717, 1.165) is 11.2 Å². The predicted octanol–water partition coefficient (Wildman–Crippen LogP) is 4.33. The maximum absolute atomic E-state index is 3.55. The van der Waals surface area contributed by atoms with Crippen LogP contribution in [0.25, 0.3) is 0 Å². The third kappa shape index (κ3) is 7.48. The fourth-order valence-corrected chi connectivity index (χ4v) is 2.77. The lowest BCUT2D eigenvalue weighted by Gasteiger charge is -2.19. The summed E-state index contributed by atoms with van der Waals surface area (Å²) in [5.74, 6) is 2.17. The van der Waals surface area contributed by atoms with Gasteiger partial charge in [-0.05, 0) is 18.1 Å². The Morgan fingerprint density at radius 2 is 1.92 bits per heavy atom. The summed E-state index contributed by atoms with van der Waals surface area (Å²) in [7, 11) is 0. The summed E-state index contributed by atoms with van der Waals surface area (Å²) in [4.78, 5) is 0. The van der Waals surface area contributed by atoms with Gasteiger partial charge in [0.25, 0.3) is 0 Å². The normalized spacial score (nSPS) is 14.8. The van der Waals surface area contributed by atoms with Crippen molar-refractivity contribution in [2.24, 2.45) is 5.92 Å². The highest BCUT2D eigenvalue weighted by molar-refractivity contribution is 9.09. The molecule has 1 unspecified atom stereocenters. The molecule has 0 aliphatic carbocycles. The SMILES string of the molecule is CCC(CBr)CCSC(C)(C)C. The average Bonchev–Trinajstić information content (AvgIpc) is 1.96. The highest BCUT2D eigenvalue weighted by Gasteiger charge is 2.11. The molecule has 0 rings (SSSR count). The van der Waals surface area contributed by atoms with E-state index in [1.54, 1.807) is 0 Å². The van der Waals surface area contributed by atoms with Crippen LogP contribution < -0.4 is 0 Å². The van der Waals surface area contributed by atoms with Crippen molar-refractivity contribution in [3.05, 3.63) is 0 Å². The van der Waals surface area contributed by atoms with Crippen LogP contribution in [0.3, 0.4) is 0 Å². The standard InChI is InChI=1S/C10H21BrS/c1-5-9(8-11)6-7-12-10(2,3)4/h9H,5-8H2,1-4H3. The van der Waals surface area contributed by atoms with Crippen LogP contribution in [-0.4, -0.2) is 15.8 Å². The lowest BCUT2D eigenvalue weighted by Crippen LogP contribution is -2.10. The summed E-state index contributed by atoms with van der Waals surface area (Å²) in [5.41, 5.74) is 0. The summed E-state index contributed by atoms with van der Waals surface area (Å²) >= 11 is 5.62. The first-order valence-electron chi connectivity index (χ1n) is 4.69. The van der Waals surface area contributed by atoms with Crippen molar-refractivity contribution in [2.45, 2.75) is 45.3 Å². The highest BCUT2D eigenvalue weighted by Crippen LogP contribution is 2.26. The van der Waals surface area contributed by atoms with E-state index in [9.17, 15) is 0 Å². The molecule has 0 heterocycles. The maximum Gasteiger partial charge on any atom is 0.00750 e. The Morgan fingerprint density at radius 3 is 2.25 bits per heavy atom. The molecule has 0 N–H and O–H groups in total. The van der Waals surface area contributed by atoms with E-state index >= 15 is 0 Å². The molecule has 12 heavy (non-hydrogen) atoms. The lowest BCUT2D eigenvalue weighted by atomic mass is 10.1. The second-order valence-electron chi connectivity index (χ2n) is 4.18. The van der Waals surface area contributed by atoms with Crippen LogP contribution in [0.1, 0.15) is 40.5 Å². The first-order chi connectivity index (χ1) is 5.49. The van der Waals surface area contributed by atoms with Gasteiger partial charge in [0.15, 0.2) is 0 Å². The minimum Gasteiger partial charge on any atom is -0.156 e. The van der Waals surface area contributed by atoms with Crippen molar-refractivity contribution < 1.29 is 0 Å². The second-order valence-corrected chi connectivity index (χ2v) is 6.75. The smallest absolute Gasteiger partial charge is 0.00750 e. The monoisotopic (exact) mass is 252 g/mol. The topological polar surface area (TPSA) is 0 Å². The molecule has 0 radical (unpaired) electrons. The molecule has 74 valence electrons. The van der Waals surface area contributed by atoms with Gasteiger partial charge in [-0.2, -0.15) is 11.8 Å². The number of alkyl halides is 1. The van der Waals surface area contributed by atoms with E-state index in [1.165, 1.54) is 18.6 Å². The Hall–Kier alpha value is 0.830. The summed E-state index contributed by atoms with van der Waals surface area (Å²) < 4.78 is 0.435. The van der Waals surface area contributed by atoms with Crippen molar-refractivity contribution in [3.63, 3.8) is 0 Å². The van der Waals surface area contributed by atoms with Gasteiger partial charge >= 0.3 is 0 Å². The van der Waals surface area contributed by atoms with Gasteiger partial charge in [0.2, 0.25) is 0 Å². The van der Waals surface area contributed by atoms with Gasteiger partial charge < -0.3 is 0 Å². The maximum atomic E-state index is 3.55. The van der Waals surface area contributed by atoms with Gasteiger partial charge in [-0.3, -0.25) is 0 Å². The molecule has 0 saturated carbocycles. The molecule has 0 saturated heterocycles. The highest BCUT2D eigenvalue weighted by atomic mass is 79.9. The Morgan fingerprint density at radius 1 is 1.33 bits per heavy atom. The fraction of sp³-hybridized carbons (Fsp3) is 1.00. The van der Waals surface area contributed by atoms with Crippen molar-refractivity contribution in [1.29, 1.82) is 0 Å². The lowest BCUT2D eigenvalue weighted by molar-refractivity contribution is 0.560. The van der Waals surface area contributed by atoms with Gasteiger partial charge in [0.05, 0.1) is 0 Å². The third-order valence-electron chi connectivity index (χ3n) is 1.86.